The number of halogens is 1. The molecule has 0 bridgehead atoms. The zero-order valence-electron chi connectivity index (χ0n) is 8.20. The Labute approximate surface area is 87.0 Å². The number of para-hydroxylation sites is 1. The van der Waals surface area contributed by atoms with Gasteiger partial charge in [0.2, 0.25) is 0 Å². The van der Waals surface area contributed by atoms with Crippen molar-refractivity contribution in [1.82, 2.24) is 0 Å². The Hall–Kier alpha value is -1.58. The summed E-state index contributed by atoms with van der Waals surface area (Å²) in [7, 11) is 0. The molecule has 1 fully saturated rings. The lowest BCUT2D eigenvalue weighted by atomic mass is 10.2. The summed E-state index contributed by atoms with van der Waals surface area (Å²) in [5.74, 6) is -0.713. The molecular formula is C11H12FNO2. The molecule has 1 saturated carbocycles. The van der Waals surface area contributed by atoms with Gasteiger partial charge in [-0.1, -0.05) is 6.07 Å². The molecule has 0 atom stereocenters. The lowest BCUT2D eigenvalue weighted by Crippen LogP contribution is -2.14. The standard InChI is InChI=1S/C11H12FNO2/c12-9-3-1-2-8(11(13)14)10(9)15-6-7-4-5-7/h1-3,7H,4-6H2,(H2,13,14). The van der Waals surface area contributed by atoms with E-state index in [1.165, 1.54) is 18.2 Å². The second kappa shape index (κ2) is 3.88. The van der Waals surface area contributed by atoms with Crippen LogP contribution < -0.4 is 10.5 Å². The van der Waals surface area contributed by atoms with Crippen molar-refractivity contribution >= 4 is 5.91 Å². The summed E-state index contributed by atoms with van der Waals surface area (Å²) in [5.41, 5.74) is 5.23. The van der Waals surface area contributed by atoms with Crippen molar-refractivity contribution in [2.75, 3.05) is 6.61 Å². The van der Waals surface area contributed by atoms with Crippen molar-refractivity contribution in [2.24, 2.45) is 11.7 Å². The topological polar surface area (TPSA) is 52.3 Å². The Kier molecular flexibility index (Phi) is 2.58. The molecule has 4 heteroatoms. The maximum absolute atomic E-state index is 13.3. The summed E-state index contributed by atoms with van der Waals surface area (Å²) in [6, 6.07) is 4.17. The molecule has 3 nitrogen and oxygen atoms in total. The van der Waals surface area contributed by atoms with Gasteiger partial charge in [0.15, 0.2) is 11.6 Å². The minimum atomic E-state index is -0.666. The molecule has 0 radical (unpaired) electrons. The van der Waals surface area contributed by atoms with E-state index in [1.807, 2.05) is 0 Å². The van der Waals surface area contributed by atoms with Gasteiger partial charge in [-0.15, -0.1) is 0 Å². The number of carbonyl (C=O) groups is 1. The Balaban J connectivity index is 2.20. The minimum absolute atomic E-state index is 0.0168. The predicted octanol–water partition coefficient (Wildman–Crippen LogP) is 1.71. The summed E-state index contributed by atoms with van der Waals surface area (Å²) >= 11 is 0. The molecule has 2 N–H and O–H groups in total. The lowest BCUT2D eigenvalue weighted by Gasteiger charge is -2.09. The number of primary amides is 1. The zero-order chi connectivity index (χ0) is 10.8. The maximum Gasteiger partial charge on any atom is 0.252 e. The summed E-state index contributed by atoms with van der Waals surface area (Å²) in [4.78, 5) is 11.0. The van der Waals surface area contributed by atoms with Crippen LogP contribution in [-0.4, -0.2) is 12.5 Å². The average Bonchev–Trinajstić information content (AvgIpc) is 2.99. The van der Waals surface area contributed by atoms with Crippen molar-refractivity contribution in [3.8, 4) is 5.75 Å². The van der Waals surface area contributed by atoms with Gasteiger partial charge in [0.25, 0.3) is 5.91 Å². The average molecular weight is 209 g/mol. The number of ether oxygens (including phenoxy) is 1. The third-order valence-corrected chi connectivity index (χ3v) is 2.39. The quantitative estimate of drug-likeness (QED) is 0.820. The van der Waals surface area contributed by atoms with Gasteiger partial charge < -0.3 is 10.5 Å². The fraction of sp³-hybridized carbons (Fsp3) is 0.364. The van der Waals surface area contributed by atoms with E-state index in [-0.39, 0.29) is 11.3 Å². The van der Waals surface area contributed by atoms with Gasteiger partial charge in [-0.25, -0.2) is 4.39 Å². The Morgan fingerprint density at radius 1 is 1.53 bits per heavy atom. The van der Waals surface area contributed by atoms with Gasteiger partial charge in [-0.3, -0.25) is 4.79 Å². The fourth-order valence-electron chi connectivity index (χ4n) is 1.34. The van der Waals surface area contributed by atoms with Crippen LogP contribution in [0.5, 0.6) is 5.75 Å². The molecule has 15 heavy (non-hydrogen) atoms. The molecule has 1 aromatic carbocycles. The SMILES string of the molecule is NC(=O)c1cccc(F)c1OCC1CC1. The molecule has 1 aliphatic rings. The predicted molar refractivity (Wildman–Crippen MR) is 53.1 cm³/mol. The number of hydrogen-bond donors (Lipinski definition) is 1. The van der Waals surface area contributed by atoms with Gasteiger partial charge in [0.1, 0.15) is 0 Å². The van der Waals surface area contributed by atoms with Crippen LogP contribution in [0.2, 0.25) is 0 Å². The largest absolute Gasteiger partial charge is 0.489 e. The minimum Gasteiger partial charge on any atom is -0.489 e. The van der Waals surface area contributed by atoms with Crippen LogP contribution in [0.3, 0.4) is 0 Å². The third-order valence-electron chi connectivity index (χ3n) is 2.39. The molecule has 0 unspecified atom stereocenters. The maximum atomic E-state index is 13.3. The van der Waals surface area contributed by atoms with Crippen LogP contribution in [0.15, 0.2) is 18.2 Å². The number of hydrogen-bond acceptors (Lipinski definition) is 2. The van der Waals surface area contributed by atoms with Gasteiger partial charge in [0, 0.05) is 0 Å². The van der Waals surface area contributed by atoms with E-state index in [2.05, 4.69) is 0 Å². The number of nitrogens with two attached hydrogens (primary N) is 1. The highest BCUT2D eigenvalue weighted by atomic mass is 19.1. The molecule has 0 heterocycles. The first-order chi connectivity index (χ1) is 7.18. The number of amides is 1. The van der Waals surface area contributed by atoms with Crippen molar-refractivity contribution < 1.29 is 13.9 Å². The monoisotopic (exact) mass is 209 g/mol. The fourth-order valence-corrected chi connectivity index (χ4v) is 1.34. The first-order valence-electron chi connectivity index (χ1n) is 4.89. The Morgan fingerprint density at radius 3 is 2.87 bits per heavy atom. The molecule has 1 amide bonds. The molecule has 1 aromatic rings. The third kappa shape index (κ3) is 2.26. The smallest absolute Gasteiger partial charge is 0.252 e. The highest BCUT2D eigenvalue weighted by molar-refractivity contribution is 5.95. The molecule has 1 aliphatic carbocycles. The van der Waals surface area contributed by atoms with Gasteiger partial charge in [-0.2, -0.15) is 0 Å². The van der Waals surface area contributed by atoms with Crippen LogP contribution in [0, 0.1) is 11.7 Å². The second-order valence-electron chi connectivity index (χ2n) is 3.74. The van der Waals surface area contributed by atoms with E-state index in [0.717, 1.165) is 12.8 Å². The van der Waals surface area contributed by atoms with Crippen LogP contribution >= 0.6 is 0 Å². The Bertz CT molecular complexity index is 388. The van der Waals surface area contributed by atoms with Crippen molar-refractivity contribution in [3.63, 3.8) is 0 Å². The first kappa shape index (κ1) is 9.96. The van der Waals surface area contributed by atoms with E-state index in [9.17, 15) is 9.18 Å². The number of rotatable bonds is 4. The zero-order valence-corrected chi connectivity index (χ0v) is 8.20. The molecule has 0 aromatic heterocycles. The van der Waals surface area contributed by atoms with Crippen molar-refractivity contribution in [1.29, 1.82) is 0 Å². The lowest BCUT2D eigenvalue weighted by molar-refractivity contribution is 0.0995. The van der Waals surface area contributed by atoms with E-state index >= 15 is 0 Å². The molecule has 2 rings (SSSR count). The molecule has 80 valence electrons. The first-order valence-corrected chi connectivity index (χ1v) is 4.89. The Morgan fingerprint density at radius 2 is 2.27 bits per heavy atom. The highest BCUT2D eigenvalue weighted by Crippen LogP contribution is 2.31. The van der Waals surface area contributed by atoms with Crippen LogP contribution in [0.1, 0.15) is 23.2 Å². The van der Waals surface area contributed by atoms with Gasteiger partial charge >= 0.3 is 0 Å². The van der Waals surface area contributed by atoms with Crippen LogP contribution in [0.4, 0.5) is 4.39 Å². The highest BCUT2D eigenvalue weighted by Gasteiger charge is 2.23. The van der Waals surface area contributed by atoms with Crippen molar-refractivity contribution in [2.45, 2.75) is 12.8 Å². The van der Waals surface area contributed by atoms with Crippen LogP contribution in [-0.2, 0) is 0 Å². The summed E-state index contributed by atoms with van der Waals surface area (Å²) in [6.07, 6.45) is 2.22. The number of carbonyl (C=O) groups excluding carboxylic acids is 1. The normalized spacial score (nSPS) is 15.0. The van der Waals surface area contributed by atoms with Gasteiger partial charge in [0.05, 0.1) is 12.2 Å². The van der Waals surface area contributed by atoms with E-state index in [4.69, 9.17) is 10.5 Å². The molecular weight excluding hydrogens is 197 g/mol. The van der Waals surface area contributed by atoms with Crippen molar-refractivity contribution in [3.05, 3.63) is 29.6 Å². The molecule has 0 aliphatic heterocycles. The molecule has 0 spiro atoms. The second-order valence-corrected chi connectivity index (χ2v) is 3.74. The van der Waals surface area contributed by atoms with E-state index in [0.29, 0.717) is 12.5 Å². The summed E-state index contributed by atoms with van der Waals surface area (Å²) in [6.45, 7) is 0.460. The number of benzene rings is 1. The summed E-state index contributed by atoms with van der Waals surface area (Å²) in [5, 5.41) is 0. The van der Waals surface area contributed by atoms with Gasteiger partial charge in [-0.05, 0) is 30.9 Å². The van der Waals surface area contributed by atoms with E-state index < -0.39 is 11.7 Å². The van der Waals surface area contributed by atoms with Crippen LogP contribution in [0.25, 0.3) is 0 Å². The summed E-state index contributed by atoms with van der Waals surface area (Å²) < 4.78 is 18.6. The van der Waals surface area contributed by atoms with E-state index in [1.54, 1.807) is 0 Å². The molecule has 0 saturated heterocycles.